The number of rotatable bonds is 5. The predicted molar refractivity (Wildman–Crippen MR) is 91.3 cm³/mol. The Balaban J connectivity index is 0.00000324. The lowest BCUT2D eigenvalue weighted by Crippen LogP contribution is -2.45. The molecule has 1 saturated heterocycles. The Hall–Kier alpha value is -0.0800. The Morgan fingerprint density at radius 1 is 1.47 bits per heavy atom. The summed E-state index contributed by atoms with van der Waals surface area (Å²) in [5.41, 5.74) is 5.85. The lowest BCUT2D eigenvalue weighted by Gasteiger charge is -2.24. The van der Waals surface area contributed by atoms with Crippen LogP contribution in [0.15, 0.2) is 4.99 Å². The first-order chi connectivity index (χ1) is 8.42. The highest BCUT2D eigenvalue weighted by Crippen LogP contribution is 2.16. The first-order valence-electron chi connectivity index (χ1n) is 6.73. The van der Waals surface area contributed by atoms with Crippen LogP contribution in [0.3, 0.4) is 0 Å². The first kappa shape index (κ1) is 18.9. The number of nitrogens with two attached hydrogens (primary N) is 1. The topological polar surface area (TPSA) is 62.9 Å². The number of aliphatic imine (C=N–C) groups is 1. The van der Waals surface area contributed by atoms with E-state index in [1.165, 1.54) is 12.8 Å². The van der Waals surface area contributed by atoms with Gasteiger partial charge in [-0.2, -0.15) is 0 Å². The highest BCUT2D eigenvalue weighted by molar-refractivity contribution is 14.0. The highest BCUT2D eigenvalue weighted by atomic mass is 127. The van der Waals surface area contributed by atoms with Gasteiger partial charge in [-0.1, -0.05) is 0 Å². The van der Waals surface area contributed by atoms with E-state index in [1.807, 2.05) is 0 Å². The van der Waals surface area contributed by atoms with Crippen LogP contribution in [0.1, 0.15) is 33.6 Å². The molecule has 3 N–H and O–H groups in total. The van der Waals surface area contributed by atoms with Gasteiger partial charge in [0.05, 0.1) is 13.2 Å². The van der Waals surface area contributed by atoms with Crippen LogP contribution in [0.25, 0.3) is 0 Å². The van der Waals surface area contributed by atoms with Gasteiger partial charge in [0.25, 0.3) is 0 Å². The second-order valence-electron chi connectivity index (χ2n) is 5.93. The van der Waals surface area contributed by atoms with Crippen LogP contribution in [-0.4, -0.2) is 55.8 Å². The molecule has 0 aromatic heterocycles. The molecule has 0 aromatic carbocycles. The summed E-state index contributed by atoms with van der Waals surface area (Å²) in [6.07, 6.45) is 2.45. The monoisotopic (exact) mass is 384 g/mol. The Labute approximate surface area is 134 Å². The fraction of sp³-hybridized carbons (Fsp3) is 0.923. The van der Waals surface area contributed by atoms with Crippen LogP contribution in [0.5, 0.6) is 0 Å². The number of halogens is 1. The zero-order valence-electron chi connectivity index (χ0n) is 12.6. The molecule has 0 aliphatic carbocycles. The number of nitrogens with one attached hydrogen (secondary N) is 1. The summed E-state index contributed by atoms with van der Waals surface area (Å²) in [4.78, 5) is 6.89. The molecule has 19 heavy (non-hydrogen) atoms. The minimum absolute atomic E-state index is 0. The molecule has 1 aliphatic heterocycles. The van der Waals surface area contributed by atoms with Crippen molar-refractivity contribution in [2.75, 3.05) is 33.4 Å². The molecule has 1 unspecified atom stereocenters. The second-order valence-corrected chi connectivity index (χ2v) is 5.93. The number of nitrogens with zero attached hydrogens (tertiary/aromatic N) is 2. The SMILES string of the molecule is COCCN1CCCC1CN=C(N)NC(C)(C)C.I. The molecule has 0 bridgehead atoms. The number of hydrogen-bond acceptors (Lipinski definition) is 3. The van der Waals surface area contributed by atoms with E-state index < -0.39 is 0 Å². The van der Waals surface area contributed by atoms with Crippen molar-refractivity contribution in [3.63, 3.8) is 0 Å². The third-order valence-corrected chi connectivity index (χ3v) is 3.06. The second kappa shape index (κ2) is 8.97. The van der Waals surface area contributed by atoms with Crippen LogP contribution in [-0.2, 0) is 4.74 Å². The van der Waals surface area contributed by atoms with E-state index in [9.17, 15) is 0 Å². The fourth-order valence-corrected chi connectivity index (χ4v) is 2.23. The molecule has 0 aromatic rings. The minimum atomic E-state index is -0.0288. The molecule has 0 saturated carbocycles. The van der Waals surface area contributed by atoms with Crippen LogP contribution in [0, 0.1) is 0 Å². The summed E-state index contributed by atoms with van der Waals surface area (Å²) >= 11 is 0. The fourth-order valence-electron chi connectivity index (χ4n) is 2.23. The van der Waals surface area contributed by atoms with E-state index >= 15 is 0 Å². The number of methoxy groups -OCH3 is 1. The van der Waals surface area contributed by atoms with Gasteiger partial charge in [-0.05, 0) is 40.2 Å². The van der Waals surface area contributed by atoms with E-state index in [4.69, 9.17) is 10.5 Å². The highest BCUT2D eigenvalue weighted by Gasteiger charge is 2.23. The minimum Gasteiger partial charge on any atom is -0.383 e. The Morgan fingerprint density at radius 2 is 2.16 bits per heavy atom. The number of likely N-dealkylation sites (tertiary alicyclic amines) is 1. The zero-order chi connectivity index (χ0) is 13.6. The standard InChI is InChI=1S/C13H28N4O.HI/c1-13(2,3)16-12(14)15-10-11-6-5-7-17(11)8-9-18-4;/h11H,5-10H2,1-4H3,(H3,14,15,16);1H. The summed E-state index contributed by atoms with van der Waals surface area (Å²) in [5, 5.41) is 3.19. The molecular formula is C13H29IN4O. The lowest BCUT2D eigenvalue weighted by atomic mass is 10.1. The van der Waals surface area contributed by atoms with Crippen LogP contribution in [0.2, 0.25) is 0 Å². The van der Waals surface area contributed by atoms with Crippen molar-refractivity contribution in [2.45, 2.75) is 45.2 Å². The van der Waals surface area contributed by atoms with Crippen molar-refractivity contribution in [3.05, 3.63) is 0 Å². The first-order valence-corrected chi connectivity index (χ1v) is 6.73. The van der Waals surface area contributed by atoms with Crippen molar-refractivity contribution in [1.82, 2.24) is 10.2 Å². The molecule has 0 radical (unpaired) electrons. The number of guanidine groups is 1. The molecule has 1 heterocycles. The van der Waals surface area contributed by atoms with Gasteiger partial charge in [0, 0.05) is 25.2 Å². The Morgan fingerprint density at radius 3 is 2.74 bits per heavy atom. The van der Waals surface area contributed by atoms with E-state index in [1.54, 1.807) is 7.11 Å². The van der Waals surface area contributed by atoms with Gasteiger partial charge in [-0.3, -0.25) is 9.89 Å². The quantitative estimate of drug-likeness (QED) is 0.428. The molecule has 1 aliphatic rings. The van der Waals surface area contributed by atoms with Crippen molar-refractivity contribution in [3.8, 4) is 0 Å². The molecule has 0 spiro atoms. The third kappa shape index (κ3) is 7.94. The van der Waals surface area contributed by atoms with Crippen LogP contribution in [0.4, 0.5) is 0 Å². The van der Waals surface area contributed by atoms with Gasteiger partial charge in [-0.15, -0.1) is 24.0 Å². The lowest BCUT2D eigenvalue weighted by molar-refractivity contribution is 0.143. The van der Waals surface area contributed by atoms with Gasteiger partial charge in [0.2, 0.25) is 0 Å². The average molecular weight is 384 g/mol. The van der Waals surface area contributed by atoms with Gasteiger partial charge in [0.15, 0.2) is 5.96 Å². The molecule has 5 nitrogen and oxygen atoms in total. The Bertz CT molecular complexity index is 278. The average Bonchev–Trinajstić information content (AvgIpc) is 2.68. The van der Waals surface area contributed by atoms with Gasteiger partial charge in [-0.25, -0.2) is 0 Å². The van der Waals surface area contributed by atoms with Crippen molar-refractivity contribution >= 4 is 29.9 Å². The van der Waals surface area contributed by atoms with Crippen LogP contribution < -0.4 is 11.1 Å². The van der Waals surface area contributed by atoms with E-state index in [2.05, 4.69) is 36.0 Å². The molecule has 1 rings (SSSR count). The molecule has 0 amide bonds. The summed E-state index contributed by atoms with van der Waals surface area (Å²) < 4.78 is 5.13. The number of hydrogen-bond donors (Lipinski definition) is 2. The molecule has 1 atom stereocenters. The molecular weight excluding hydrogens is 355 g/mol. The summed E-state index contributed by atoms with van der Waals surface area (Å²) in [6.45, 7) is 9.94. The van der Waals surface area contributed by atoms with E-state index in [0.29, 0.717) is 12.0 Å². The van der Waals surface area contributed by atoms with Crippen molar-refractivity contribution in [1.29, 1.82) is 0 Å². The maximum absolute atomic E-state index is 5.88. The largest absolute Gasteiger partial charge is 0.383 e. The summed E-state index contributed by atoms with van der Waals surface area (Å²) in [6, 6.07) is 0.514. The van der Waals surface area contributed by atoms with Crippen LogP contribution >= 0.6 is 24.0 Å². The molecule has 114 valence electrons. The smallest absolute Gasteiger partial charge is 0.189 e. The van der Waals surface area contributed by atoms with Crippen molar-refractivity contribution < 1.29 is 4.74 Å². The van der Waals surface area contributed by atoms with Gasteiger partial charge < -0.3 is 15.8 Å². The normalized spacial score (nSPS) is 21.3. The summed E-state index contributed by atoms with van der Waals surface area (Å²) in [7, 11) is 1.74. The molecule has 6 heteroatoms. The maximum Gasteiger partial charge on any atom is 0.189 e. The molecule has 1 fully saturated rings. The van der Waals surface area contributed by atoms with E-state index in [0.717, 1.165) is 26.2 Å². The third-order valence-electron chi connectivity index (χ3n) is 3.06. The summed E-state index contributed by atoms with van der Waals surface area (Å²) in [5.74, 6) is 0.543. The Kier molecular flexibility index (Phi) is 8.93. The number of ether oxygens (including phenoxy) is 1. The predicted octanol–water partition coefficient (Wildman–Crippen LogP) is 1.42. The maximum atomic E-state index is 5.88. The zero-order valence-corrected chi connectivity index (χ0v) is 14.9. The van der Waals surface area contributed by atoms with Gasteiger partial charge in [0.1, 0.15) is 0 Å². The van der Waals surface area contributed by atoms with Gasteiger partial charge >= 0.3 is 0 Å². The van der Waals surface area contributed by atoms with Crippen molar-refractivity contribution in [2.24, 2.45) is 10.7 Å². The van der Waals surface area contributed by atoms with E-state index in [-0.39, 0.29) is 29.5 Å².